The molecular weight excluding hydrogens is 450 g/mol. The lowest BCUT2D eigenvalue weighted by molar-refractivity contribution is -0.130. The highest BCUT2D eigenvalue weighted by atomic mass is 35.5. The topological polar surface area (TPSA) is 81.0 Å². The number of benzene rings is 3. The van der Waals surface area contributed by atoms with E-state index in [1.54, 1.807) is 6.20 Å². The minimum Gasteiger partial charge on any atom is -0.402 e. The van der Waals surface area contributed by atoms with Crippen molar-refractivity contribution in [2.24, 2.45) is 4.99 Å². The van der Waals surface area contributed by atoms with E-state index in [2.05, 4.69) is 15.2 Å². The summed E-state index contributed by atoms with van der Waals surface area (Å²) in [6.07, 6.45) is 1.77. The van der Waals surface area contributed by atoms with Crippen LogP contribution in [0.25, 0.3) is 10.8 Å². The number of anilines is 1. The highest BCUT2D eigenvalue weighted by Crippen LogP contribution is 2.24. The molecule has 7 nitrogen and oxygen atoms in total. The maximum Gasteiger partial charge on any atom is 0.365 e. The number of aliphatic imine (C=N–C) groups is 1. The average molecular weight is 476 g/mol. The third-order valence-electron chi connectivity index (χ3n) is 5.97. The maximum atomic E-state index is 12.5. The number of hydrogen-bond donors (Lipinski definition) is 2. The molecule has 0 unspecified atom stereocenters. The molecule has 5 rings (SSSR count). The second-order valence-electron chi connectivity index (χ2n) is 8.16. The van der Waals surface area contributed by atoms with Gasteiger partial charge in [-0.3, -0.25) is 5.41 Å². The normalized spacial score (nSPS) is 16.8. The van der Waals surface area contributed by atoms with Crippen LogP contribution in [-0.4, -0.2) is 53.8 Å². The lowest BCUT2D eigenvalue weighted by Gasteiger charge is -2.35. The van der Waals surface area contributed by atoms with Crippen LogP contribution in [0.5, 0.6) is 0 Å². The molecule has 2 heterocycles. The standard InChI is InChI=1S/C26H25N5O2.ClH/c1-18-7-2-5-12-22(18)29-26(27)31-15-13-30(14-16-31)17-23-25(32)33-24(28-23)21-11-6-9-19-8-3-4-10-20(19)21;/h2-12,17H,13-16H2,1H3,(H2,27,29);1H. The summed E-state index contributed by atoms with van der Waals surface area (Å²) in [5.41, 5.74) is 3.16. The van der Waals surface area contributed by atoms with E-state index < -0.39 is 5.97 Å². The lowest BCUT2D eigenvalue weighted by atomic mass is 10.0. The molecule has 3 aromatic carbocycles. The molecule has 3 aromatic rings. The van der Waals surface area contributed by atoms with Gasteiger partial charge in [0.05, 0.1) is 0 Å². The van der Waals surface area contributed by atoms with E-state index in [4.69, 9.17) is 10.1 Å². The third kappa shape index (κ3) is 4.75. The minimum atomic E-state index is -0.436. The molecule has 1 fully saturated rings. The maximum absolute atomic E-state index is 12.5. The first kappa shape index (κ1) is 23.3. The summed E-state index contributed by atoms with van der Waals surface area (Å²) in [5.74, 6) is 0.286. The van der Waals surface area contributed by atoms with Crippen LogP contribution in [-0.2, 0) is 9.53 Å². The van der Waals surface area contributed by atoms with Gasteiger partial charge >= 0.3 is 5.97 Å². The Bertz CT molecular complexity index is 1290. The van der Waals surface area contributed by atoms with Gasteiger partial charge in [-0.1, -0.05) is 54.6 Å². The molecule has 2 aliphatic rings. The van der Waals surface area contributed by atoms with Crippen molar-refractivity contribution in [1.29, 1.82) is 5.41 Å². The molecule has 0 amide bonds. The number of carbonyl (C=O) groups excluding carboxylic acids is 1. The highest BCUT2D eigenvalue weighted by Gasteiger charge is 2.27. The van der Waals surface area contributed by atoms with Crippen molar-refractivity contribution in [3.05, 3.63) is 89.8 Å². The Morgan fingerprint density at radius 3 is 2.50 bits per heavy atom. The van der Waals surface area contributed by atoms with Crippen molar-refractivity contribution < 1.29 is 9.53 Å². The Hall–Kier alpha value is -3.84. The molecule has 34 heavy (non-hydrogen) atoms. The fraction of sp³-hybridized carbons (Fsp3) is 0.192. The molecule has 0 aromatic heterocycles. The molecule has 0 saturated carbocycles. The highest BCUT2D eigenvalue weighted by molar-refractivity contribution is 6.16. The molecule has 0 spiro atoms. The van der Waals surface area contributed by atoms with E-state index >= 15 is 0 Å². The van der Waals surface area contributed by atoms with Gasteiger partial charge in [0.15, 0.2) is 11.7 Å². The fourth-order valence-corrected chi connectivity index (χ4v) is 4.09. The molecule has 1 saturated heterocycles. The number of halogens is 1. The Morgan fingerprint density at radius 2 is 1.71 bits per heavy atom. The number of aryl methyl sites for hydroxylation is 1. The van der Waals surface area contributed by atoms with Gasteiger partial charge in [-0.25, -0.2) is 9.79 Å². The molecule has 0 aliphatic carbocycles. The second-order valence-corrected chi connectivity index (χ2v) is 8.16. The molecule has 2 N–H and O–H groups in total. The quantitative estimate of drug-likeness (QED) is 0.254. The first-order valence-electron chi connectivity index (χ1n) is 11.0. The number of carbonyl (C=O) groups is 1. The van der Waals surface area contributed by atoms with E-state index in [1.165, 1.54) is 0 Å². The zero-order valence-corrected chi connectivity index (χ0v) is 19.6. The van der Waals surface area contributed by atoms with Crippen LogP contribution in [0.4, 0.5) is 5.69 Å². The van der Waals surface area contributed by atoms with Crippen LogP contribution in [0, 0.1) is 12.3 Å². The first-order chi connectivity index (χ1) is 16.1. The molecule has 8 heteroatoms. The van der Waals surface area contributed by atoms with Gasteiger partial charge < -0.3 is 19.9 Å². The summed E-state index contributed by atoms with van der Waals surface area (Å²) >= 11 is 0. The number of cyclic esters (lactones) is 1. The van der Waals surface area contributed by atoms with E-state index in [0.717, 1.165) is 27.6 Å². The van der Waals surface area contributed by atoms with Crippen molar-refractivity contribution in [3.63, 3.8) is 0 Å². The summed E-state index contributed by atoms with van der Waals surface area (Å²) in [6, 6.07) is 21.8. The summed E-state index contributed by atoms with van der Waals surface area (Å²) in [6.45, 7) is 4.75. The van der Waals surface area contributed by atoms with Crippen molar-refractivity contribution in [2.75, 3.05) is 31.5 Å². The van der Waals surface area contributed by atoms with Crippen molar-refractivity contribution in [1.82, 2.24) is 9.80 Å². The summed E-state index contributed by atoms with van der Waals surface area (Å²) < 4.78 is 5.51. The first-order valence-corrected chi connectivity index (χ1v) is 11.0. The van der Waals surface area contributed by atoms with E-state index in [0.29, 0.717) is 43.7 Å². The van der Waals surface area contributed by atoms with Gasteiger partial charge in [0.2, 0.25) is 5.90 Å². The summed E-state index contributed by atoms with van der Waals surface area (Å²) in [4.78, 5) is 21.0. The van der Waals surface area contributed by atoms with Crippen molar-refractivity contribution >= 4 is 46.7 Å². The summed E-state index contributed by atoms with van der Waals surface area (Å²) in [7, 11) is 0. The van der Waals surface area contributed by atoms with Crippen LogP contribution in [0.2, 0.25) is 0 Å². The second kappa shape index (κ2) is 9.97. The average Bonchev–Trinajstić information content (AvgIpc) is 3.20. The van der Waals surface area contributed by atoms with Crippen LogP contribution in [0.1, 0.15) is 11.1 Å². The Labute approximate surface area is 204 Å². The Morgan fingerprint density at radius 1 is 1.00 bits per heavy atom. The monoisotopic (exact) mass is 475 g/mol. The number of piperazine rings is 1. The molecule has 0 radical (unpaired) electrons. The number of esters is 1. The van der Waals surface area contributed by atoms with Crippen LogP contribution >= 0.6 is 12.4 Å². The number of rotatable bonds is 3. The summed E-state index contributed by atoms with van der Waals surface area (Å²) in [5, 5.41) is 13.7. The minimum absolute atomic E-state index is 0. The smallest absolute Gasteiger partial charge is 0.365 e. The lowest BCUT2D eigenvalue weighted by Crippen LogP contribution is -2.48. The van der Waals surface area contributed by atoms with Gasteiger partial charge in [0.1, 0.15) is 0 Å². The van der Waals surface area contributed by atoms with Crippen LogP contribution in [0.3, 0.4) is 0 Å². The zero-order chi connectivity index (χ0) is 22.8. The Balaban J connectivity index is 0.00000274. The number of nitrogens with one attached hydrogen (secondary N) is 2. The van der Waals surface area contributed by atoms with Crippen molar-refractivity contribution in [2.45, 2.75) is 6.92 Å². The number of nitrogens with zero attached hydrogens (tertiary/aromatic N) is 3. The van der Waals surface area contributed by atoms with Crippen LogP contribution in [0.15, 0.2) is 83.6 Å². The molecule has 2 aliphatic heterocycles. The van der Waals surface area contributed by atoms with Gasteiger partial charge in [-0.15, -0.1) is 12.4 Å². The molecule has 0 bridgehead atoms. The van der Waals surface area contributed by atoms with Gasteiger partial charge in [0.25, 0.3) is 0 Å². The Kier molecular flexibility index (Phi) is 6.84. The van der Waals surface area contributed by atoms with Gasteiger partial charge in [-0.2, -0.15) is 0 Å². The number of fused-ring (bicyclic) bond motifs is 1. The predicted molar refractivity (Wildman–Crippen MR) is 138 cm³/mol. The van der Waals surface area contributed by atoms with E-state index in [9.17, 15) is 4.79 Å². The van der Waals surface area contributed by atoms with Crippen LogP contribution < -0.4 is 5.32 Å². The number of guanidine groups is 1. The van der Waals surface area contributed by atoms with E-state index in [-0.39, 0.29) is 12.4 Å². The predicted octanol–water partition coefficient (Wildman–Crippen LogP) is 4.38. The van der Waals surface area contributed by atoms with Crippen molar-refractivity contribution in [3.8, 4) is 0 Å². The number of para-hydroxylation sites is 1. The molecular formula is C26H26ClN5O2. The van der Waals surface area contributed by atoms with Gasteiger partial charge in [0, 0.05) is 43.6 Å². The molecule has 0 atom stereocenters. The largest absolute Gasteiger partial charge is 0.402 e. The number of hydrogen-bond acceptors (Lipinski definition) is 5. The van der Waals surface area contributed by atoms with Gasteiger partial charge in [-0.05, 0) is 35.4 Å². The SMILES string of the molecule is Cc1ccccc1NC(=N)N1CCN(C=C2N=C(c3cccc4ccccc34)OC2=O)CC1.Cl. The van der Waals surface area contributed by atoms with E-state index in [1.807, 2.05) is 78.6 Å². The zero-order valence-electron chi connectivity index (χ0n) is 18.8. The third-order valence-corrected chi connectivity index (χ3v) is 5.97. The fourth-order valence-electron chi connectivity index (χ4n) is 4.09. The molecule has 174 valence electrons. The number of ether oxygens (including phenoxy) is 1.